The van der Waals surface area contributed by atoms with Crippen LogP contribution < -0.4 is 15.2 Å². The van der Waals surface area contributed by atoms with Crippen molar-refractivity contribution in [1.29, 1.82) is 0 Å². The maximum absolute atomic E-state index is 6.20. The number of rotatable bonds is 5. The van der Waals surface area contributed by atoms with E-state index in [-0.39, 0.29) is 6.04 Å². The first kappa shape index (κ1) is 14.0. The van der Waals surface area contributed by atoms with Gasteiger partial charge in [-0.15, -0.1) is 0 Å². The zero-order valence-electron chi connectivity index (χ0n) is 10.9. The van der Waals surface area contributed by atoms with Crippen LogP contribution in [0, 0.1) is 0 Å². The van der Waals surface area contributed by atoms with Gasteiger partial charge in [-0.2, -0.15) is 0 Å². The van der Waals surface area contributed by atoms with Gasteiger partial charge in [0.25, 0.3) is 0 Å². The quantitative estimate of drug-likeness (QED) is 0.888. The lowest BCUT2D eigenvalue weighted by molar-refractivity contribution is 0.390. The van der Waals surface area contributed by atoms with Crippen molar-refractivity contribution in [2.45, 2.75) is 12.5 Å². The molecule has 0 aliphatic heterocycles. The van der Waals surface area contributed by atoms with Crippen LogP contribution in [-0.4, -0.2) is 19.2 Å². The molecule has 102 valence electrons. The van der Waals surface area contributed by atoms with E-state index in [0.29, 0.717) is 6.42 Å². The fourth-order valence-electron chi connectivity index (χ4n) is 1.97. The van der Waals surface area contributed by atoms with Gasteiger partial charge in [-0.25, -0.2) is 0 Å². The highest BCUT2D eigenvalue weighted by atomic mass is 79.9. The van der Waals surface area contributed by atoms with Crippen LogP contribution in [0.4, 0.5) is 0 Å². The van der Waals surface area contributed by atoms with Crippen molar-refractivity contribution in [3.63, 3.8) is 0 Å². The molecule has 0 aliphatic rings. The Bertz CT molecular complexity index is 554. The number of halogens is 1. The van der Waals surface area contributed by atoms with Gasteiger partial charge < -0.3 is 20.2 Å². The molecule has 3 N–H and O–H groups in total. The molecule has 0 saturated carbocycles. The summed E-state index contributed by atoms with van der Waals surface area (Å²) >= 11 is 3.40. The molecule has 1 heterocycles. The number of aromatic amines is 1. The van der Waals surface area contributed by atoms with Crippen molar-refractivity contribution in [2.75, 3.05) is 14.2 Å². The largest absolute Gasteiger partial charge is 0.497 e. The fraction of sp³-hybridized carbons (Fsp3) is 0.286. The highest BCUT2D eigenvalue weighted by Gasteiger charge is 2.13. The third-order valence-corrected chi connectivity index (χ3v) is 3.46. The molecule has 0 aliphatic carbocycles. The predicted molar refractivity (Wildman–Crippen MR) is 78.7 cm³/mol. The minimum absolute atomic E-state index is 0.103. The zero-order chi connectivity index (χ0) is 13.8. The normalized spacial score (nSPS) is 12.2. The Morgan fingerprint density at radius 3 is 2.63 bits per heavy atom. The first-order chi connectivity index (χ1) is 9.13. The Balaban J connectivity index is 2.18. The maximum atomic E-state index is 6.20. The average molecular weight is 325 g/mol. The third-order valence-electron chi connectivity index (χ3n) is 3.00. The topological polar surface area (TPSA) is 60.3 Å². The van der Waals surface area contributed by atoms with Crippen molar-refractivity contribution in [3.8, 4) is 11.5 Å². The van der Waals surface area contributed by atoms with Crippen LogP contribution in [0.1, 0.15) is 17.3 Å². The summed E-state index contributed by atoms with van der Waals surface area (Å²) in [6.07, 6.45) is 2.57. The van der Waals surface area contributed by atoms with E-state index in [1.807, 2.05) is 30.5 Å². The maximum Gasteiger partial charge on any atom is 0.125 e. The molecule has 1 unspecified atom stereocenters. The second kappa shape index (κ2) is 6.12. The van der Waals surface area contributed by atoms with Gasteiger partial charge in [-0.1, -0.05) is 6.07 Å². The third kappa shape index (κ3) is 3.30. The minimum atomic E-state index is -0.103. The number of nitrogens with two attached hydrogens (primary N) is 1. The summed E-state index contributed by atoms with van der Waals surface area (Å²) < 4.78 is 11.6. The highest BCUT2D eigenvalue weighted by Crippen LogP contribution is 2.28. The van der Waals surface area contributed by atoms with E-state index < -0.39 is 0 Å². The van der Waals surface area contributed by atoms with Crippen LogP contribution in [-0.2, 0) is 6.42 Å². The summed E-state index contributed by atoms with van der Waals surface area (Å²) in [5.41, 5.74) is 8.24. The molecule has 2 aromatic rings. The van der Waals surface area contributed by atoms with Gasteiger partial charge in [-0.3, -0.25) is 0 Å². The molecule has 0 spiro atoms. The first-order valence-corrected chi connectivity index (χ1v) is 6.73. The fourth-order valence-corrected chi connectivity index (χ4v) is 2.33. The zero-order valence-corrected chi connectivity index (χ0v) is 12.5. The molecule has 0 saturated heterocycles. The van der Waals surface area contributed by atoms with Gasteiger partial charge >= 0.3 is 0 Å². The number of hydrogen-bond donors (Lipinski definition) is 2. The molecule has 1 atom stereocenters. The highest BCUT2D eigenvalue weighted by molar-refractivity contribution is 9.10. The average Bonchev–Trinajstić information content (AvgIpc) is 2.86. The molecule has 0 bridgehead atoms. The Hall–Kier alpha value is -1.46. The SMILES string of the molecule is COc1ccc(CC(N)c2cc(Br)c[nH]2)c(OC)c1. The lowest BCUT2D eigenvalue weighted by Crippen LogP contribution is -2.14. The van der Waals surface area contributed by atoms with Crippen LogP contribution in [0.2, 0.25) is 0 Å². The molecular weight excluding hydrogens is 308 g/mol. The van der Waals surface area contributed by atoms with Gasteiger partial charge in [0.05, 0.1) is 14.2 Å². The van der Waals surface area contributed by atoms with Crippen LogP contribution in [0.15, 0.2) is 34.9 Å². The molecule has 19 heavy (non-hydrogen) atoms. The monoisotopic (exact) mass is 324 g/mol. The van der Waals surface area contributed by atoms with Gasteiger partial charge in [-0.05, 0) is 40.0 Å². The number of aromatic nitrogens is 1. The number of methoxy groups -OCH3 is 2. The number of H-pyrrole nitrogens is 1. The molecule has 2 rings (SSSR count). The van der Waals surface area contributed by atoms with E-state index in [2.05, 4.69) is 20.9 Å². The summed E-state index contributed by atoms with van der Waals surface area (Å²) in [4.78, 5) is 3.15. The summed E-state index contributed by atoms with van der Waals surface area (Å²) in [7, 11) is 3.28. The van der Waals surface area contributed by atoms with E-state index in [4.69, 9.17) is 15.2 Å². The van der Waals surface area contributed by atoms with Gasteiger partial charge in [0.15, 0.2) is 0 Å². The minimum Gasteiger partial charge on any atom is -0.497 e. The Morgan fingerprint density at radius 2 is 2.05 bits per heavy atom. The van der Waals surface area contributed by atoms with Crippen LogP contribution in [0.25, 0.3) is 0 Å². The van der Waals surface area contributed by atoms with Gasteiger partial charge in [0, 0.05) is 28.5 Å². The van der Waals surface area contributed by atoms with E-state index in [1.54, 1.807) is 14.2 Å². The van der Waals surface area contributed by atoms with Crippen molar-refractivity contribution in [2.24, 2.45) is 5.73 Å². The molecule has 0 amide bonds. The van der Waals surface area contributed by atoms with E-state index in [1.165, 1.54) is 0 Å². The second-order valence-electron chi connectivity index (χ2n) is 4.26. The lowest BCUT2D eigenvalue weighted by atomic mass is 10.0. The van der Waals surface area contributed by atoms with Gasteiger partial charge in [0.1, 0.15) is 11.5 Å². The summed E-state index contributed by atoms with van der Waals surface area (Å²) in [5.74, 6) is 1.57. The van der Waals surface area contributed by atoms with Crippen molar-refractivity contribution in [3.05, 3.63) is 46.2 Å². The van der Waals surface area contributed by atoms with Crippen molar-refractivity contribution >= 4 is 15.9 Å². The Morgan fingerprint density at radius 1 is 1.26 bits per heavy atom. The van der Waals surface area contributed by atoms with Gasteiger partial charge in [0.2, 0.25) is 0 Å². The Kier molecular flexibility index (Phi) is 4.50. The molecule has 0 radical (unpaired) electrons. The van der Waals surface area contributed by atoms with E-state index in [0.717, 1.165) is 27.2 Å². The first-order valence-electron chi connectivity index (χ1n) is 5.94. The molecule has 0 fully saturated rings. The molecule has 4 nitrogen and oxygen atoms in total. The molecule has 5 heteroatoms. The lowest BCUT2D eigenvalue weighted by Gasteiger charge is -2.14. The van der Waals surface area contributed by atoms with E-state index >= 15 is 0 Å². The summed E-state index contributed by atoms with van der Waals surface area (Å²) in [6, 6.07) is 7.64. The Labute approximate surface area is 121 Å². The number of hydrogen-bond acceptors (Lipinski definition) is 3. The molecule has 1 aromatic carbocycles. The number of ether oxygens (including phenoxy) is 2. The standard InChI is InChI=1S/C14H17BrN2O2/c1-18-11-4-3-9(14(7-11)19-2)5-12(16)13-6-10(15)8-17-13/h3-4,6-8,12,17H,5,16H2,1-2H3. The summed E-state index contributed by atoms with van der Waals surface area (Å²) in [6.45, 7) is 0. The van der Waals surface area contributed by atoms with Crippen LogP contribution >= 0.6 is 15.9 Å². The number of nitrogens with one attached hydrogen (secondary N) is 1. The number of benzene rings is 1. The predicted octanol–water partition coefficient (Wildman–Crippen LogP) is 3.04. The van der Waals surface area contributed by atoms with Crippen molar-refractivity contribution in [1.82, 2.24) is 4.98 Å². The van der Waals surface area contributed by atoms with Crippen molar-refractivity contribution < 1.29 is 9.47 Å². The molecular formula is C14H17BrN2O2. The second-order valence-corrected chi connectivity index (χ2v) is 5.18. The molecule has 1 aromatic heterocycles. The van der Waals surface area contributed by atoms with Crippen LogP contribution in [0.5, 0.6) is 11.5 Å². The van der Waals surface area contributed by atoms with E-state index in [9.17, 15) is 0 Å². The van der Waals surface area contributed by atoms with Crippen LogP contribution in [0.3, 0.4) is 0 Å². The summed E-state index contributed by atoms with van der Waals surface area (Å²) in [5, 5.41) is 0. The smallest absolute Gasteiger partial charge is 0.125 e.